The summed E-state index contributed by atoms with van der Waals surface area (Å²) in [6, 6.07) is 0. The average Bonchev–Trinajstić information content (AvgIpc) is 2.87. The number of hydrogen-bond donors (Lipinski definition) is 2. The Hall–Kier alpha value is -0.570. The molecule has 0 aromatic heterocycles. The molecule has 1 aliphatic carbocycles. The van der Waals surface area contributed by atoms with Gasteiger partial charge in [-0.1, -0.05) is 19.8 Å². The fraction of sp³-hybridized carbons (Fsp3) is 0.929. The molecule has 2 aliphatic rings. The minimum Gasteiger partial charge on any atom is -0.355 e. The van der Waals surface area contributed by atoms with Gasteiger partial charge in [-0.3, -0.25) is 4.79 Å². The van der Waals surface area contributed by atoms with Crippen LogP contribution in [0.15, 0.2) is 0 Å². The molecule has 0 atom stereocenters. The molecule has 1 aliphatic heterocycles. The van der Waals surface area contributed by atoms with Gasteiger partial charge in [0.2, 0.25) is 5.91 Å². The fourth-order valence-corrected chi connectivity index (χ4v) is 3.30. The number of nitrogens with one attached hydrogen (secondary N) is 2. The topological polar surface area (TPSA) is 41.1 Å². The molecule has 0 aromatic carbocycles. The highest BCUT2D eigenvalue weighted by molar-refractivity contribution is 5.82. The van der Waals surface area contributed by atoms with Gasteiger partial charge < -0.3 is 10.6 Å². The first kappa shape index (κ1) is 12.9. The lowest BCUT2D eigenvalue weighted by Gasteiger charge is -2.28. The van der Waals surface area contributed by atoms with Gasteiger partial charge in [0.05, 0.1) is 0 Å². The van der Waals surface area contributed by atoms with Crippen molar-refractivity contribution < 1.29 is 4.79 Å². The number of carbonyl (C=O) groups is 1. The SMILES string of the molecule is CCC1(C(=O)NCC2CCNCC2)CCCC1. The van der Waals surface area contributed by atoms with Crippen molar-refractivity contribution >= 4 is 5.91 Å². The zero-order valence-electron chi connectivity index (χ0n) is 11.1. The van der Waals surface area contributed by atoms with Crippen molar-refractivity contribution in [3.8, 4) is 0 Å². The standard InChI is InChI=1S/C14H26N2O/c1-2-14(7-3-4-8-14)13(17)16-11-12-5-9-15-10-6-12/h12,15H,2-11H2,1H3,(H,16,17). The van der Waals surface area contributed by atoms with Crippen molar-refractivity contribution in [3.05, 3.63) is 0 Å². The minimum atomic E-state index is -0.0209. The van der Waals surface area contributed by atoms with Gasteiger partial charge in [-0.15, -0.1) is 0 Å². The van der Waals surface area contributed by atoms with Crippen LogP contribution in [0.1, 0.15) is 51.9 Å². The smallest absolute Gasteiger partial charge is 0.226 e. The largest absolute Gasteiger partial charge is 0.355 e. The highest BCUT2D eigenvalue weighted by Gasteiger charge is 2.39. The van der Waals surface area contributed by atoms with Gasteiger partial charge in [0.1, 0.15) is 0 Å². The Morgan fingerprint density at radius 2 is 1.94 bits per heavy atom. The molecule has 2 N–H and O–H groups in total. The second-order valence-electron chi connectivity index (χ2n) is 5.74. The lowest BCUT2D eigenvalue weighted by atomic mass is 9.82. The summed E-state index contributed by atoms with van der Waals surface area (Å²) in [6.45, 7) is 5.27. The van der Waals surface area contributed by atoms with Crippen LogP contribution in [-0.4, -0.2) is 25.5 Å². The van der Waals surface area contributed by atoms with Gasteiger partial charge in [0.15, 0.2) is 0 Å². The zero-order valence-corrected chi connectivity index (χ0v) is 11.1. The van der Waals surface area contributed by atoms with Gasteiger partial charge in [0, 0.05) is 12.0 Å². The van der Waals surface area contributed by atoms with E-state index in [1.807, 2.05) is 0 Å². The van der Waals surface area contributed by atoms with Gasteiger partial charge in [-0.2, -0.15) is 0 Å². The van der Waals surface area contributed by atoms with Crippen molar-refractivity contribution in [2.75, 3.05) is 19.6 Å². The van der Waals surface area contributed by atoms with Crippen LogP contribution in [-0.2, 0) is 4.79 Å². The van der Waals surface area contributed by atoms with Crippen LogP contribution in [0.3, 0.4) is 0 Å². The molecule has 0 unspecified atom stereocenters. The Kier molecular flexibility index (Phi) is 4.43. The Bertz CT molecular complexity index is 253. The first-order chi connectivity index (χ1) is 8.27. The van der Waals surface area contributed by atoms with Crippen molar-refractivity contribution in [1.82, 2.24) is 10.6 Å². The predicted molar refractivity (Wildman–Crippen MR) is 69.8 cm³/mol. The fourth-order valence-electron chi connectivity index (χ4n) is 3.30. The maximum Gasteiger partial charge on any atom is 0.226 e. The van der Waals surface area contributed by atoms with Gasteiger partial charge in [-0.25, -0.2) is 0 Å². The molecule has 17 heavy (non-hydrogen) atoms. The molecule has 98 valence electrons. The average molecular weight is 238 g/mol. The van der Waals surface area contributed by atoms with Gasteiger partial charge in [0.25, 0.3) is 0 Å². The van der Waals surface area contributed by atoms with Crippen LogP contribution in [0, 0.1) is 11.3 Å². The van der Waals surface area contributed by atoms with Crippen LogP contribution in [0.2, 0.25) is 0 Å². The quantitative estimate of drug-likeness (QED) is 0.787. The van der Waals surface area contributed by atoms with Crippen LogP contribution < -0.4 is 10.6 Å². The number of amides is 1. The van der Waals surface area contributed by atoms with Crippen LogP contribution in [0.5, 0.6) is 0 Å². The zero-order chi connectivity index (χ0) is 12.1. The summed E-state index contributed by atoms with van der Waals surface area (Å²) in [5, 5.41) is 6.58. The molecule has 3 heteroatoms. The summed E-state index contributed by atoms with van der Waals surface area (Å²) in [4.78, 5) is 12.3. The summed E-state index contributed by atoms with van der Waals surface area (Å²) in [5.74, 6) is 1.02. The van der Waals surface area contributed by atoms with E-state index in [1.54, 1.807) is 0 Å². The minimum absolute atomic E-state index is 0.0209. The number of hydrogen-bond acceptors (Lipinski definition) is 2. The molecular weight excluding hydrogens is 212 g/mol. The van der Waals surface area contributed by atoms with E-state index in [-0.39, 0.29) is 5.41 Å². The molecule has 0 bridgehead atoms. The van der Waals surface area contributed by atoms with Gasteiger partial charge in [-0.05, 0) is 51.1 Å². The Morgan fingerprint density at radius 3 is 2.53 bits per heavy atom. The number of rotatable bonds is 4. The lowest BCUT2D eigenvalue weighted by molar-refractivity contribution is -0.131. The van der Waals surface area contributed by atoms with E-state index < -0.39 is 0 Å². The first-order valence-electron chi connectivity index (χ1n) is 7.26. The molecule has 1 saturated carbocycles. The Labute approximate surface area is 105 Å². The van der Waals surface area contributed by atoms with Crippen molar-refractivity contribution in [3.63, 3.8) is 0 Å². The highest BCUT2D eigenvalue weighted by atomic mass is 16.2. The number of piperidine rings is 1. The maximum absolute atomic E-state index is 12.3. The predicted octanol–water partition coefficient (Wildman–Crippen LogP) is 2.07. The van der Waals surface area contributed by atoms with E-state index in [9.17, 15) is 4.79 Å². The molecule has 1 heterocycles. The van der Waals surface area contributed by atoms with Crippen LogP contribution in [0.25, 0.3) is 0 Å². The molecule has 0 radical (unpaired) electrons. The van der Waals surface area contributed by atoms with E-state index in [2.05, 4.69) is 17.6 Å². The van der Waals surface area contributed by atoms with E-state index in [1.165, 1.54) is 25.7 Å². The van der Waals surface area contributed by atoms with E-state index in [0.29, 0.717) is 11.8 Å². The lowest BCUT2D eigenvalue weighted by Crippen LogP contribution is -2.42. The summed E-state index contributed by atoms with van der Waals surface area (Å²) >= 11 is 0. The summed E-state index contributed by atoms with van der Waals surface area (Å²) < 4.78 is 0. The molecule has 3 nitrogen and oxygen atoms in total. The monoisotopic (exact) mass is 238 g/mol. The molecule has 0 aromatic rings. The third-order valence-corrected chi connectivity index (χ3v) is 4.73. The molecule has 2 rings (SSSR count). The second-order valence-corrected chi connectivity index (χ2v) is 5.74. The highest BCUT2D eigenvalue weighted by Crippen LogP contribution is 2.41. The van der Waals surface area contributed by atoms with E-state index in [0.717, 1.165) is 38.9 Å². The normalized spacial score (nSPS) is 24.8. The van der Waals surface area contributed by atoms with Crippen molar-refractivity contribution in [2.45, 2.75) is 51.9 Å². The van der Waals surface area contributed by atoms with E-state index >= 15 is 0 Å². The Balaban J connectivity index is 1.79. The van der Waals surface area contributed by atoms with Crippen molar-refractivity contribution in [2.24, 2.45) is 11.3 Å². The molecule has 1 saturated heterocycles. The van der Waals surface area contributed by atoms with Crippen LogP contribution in [0.4, 0.5) is 0 Å². The van der Waals surface area contributed by atoms with Crippen LogP contribution >= 0.6 is 0 Å². The third-order valence-electron chi connectivity index (χ3n) is 4.73. The molecule has 1 amide bonds. The van der Waals surface area contributed by atoms with Gasteiger partial charge >= 0.3 is 0 Å². The second kappa shape index (κ2) is 5.85. The third kappa shape index (κ3) is 3.01. The molecule has 2 fully saturated rings. The Morgan fingerprint density at radius 1 is 1.29 bits per heavy atom. The molecular formula is C14H26N2O. The summed E-state index contributed by atoms with van der Waals surface area (Å²) in [5.41, 5.74) is -0.0209. The first-order valence-corrected chi connectivity index (χ1v) is 7.26. The summed E-state index contributed by atoms with van der Waals surface area (Å²) in [6.07, 6.45) is 8.08. The molecule has 0 spiro atoms. The number of carbonyl (C=O) groups excluding carboxylic acids is 1. The van der Waals surface area contributed by atoms with Crippen molar-refractivity contribution in [1.29, 1.82) is 0 Å². The van der Waals surface area contributed by atoms with E-state index in [4.69, 9.17) is 0 Å². The summed E-state index contributed by atoms with van der Waals surface area (Å²) in [7, 11) is 0. The maximum atomic E-state index is 12.3.